The Labute approximate surface area is 606 Å². The van der Waals surface area contributed by atoms with Crippen molar-refractivity contribution in [3.63, 3.8) is 0 Å². The van der Waals surface area contributed by atoms with E-state index in [1.807, 2.05) is 18.2 Å². The zero-order valence-corrected chi connectivity index (χ0v) is 64.4. The third kappa shape index (κ3) is 71.8. The van der Waals surface area contributed by atoms with Crippen LogP contribution in [0.4, 0.5) is 0 Å². The van der Waals surface area contributed by atoms with Crippen molar-refractivity contribution in [2.24, 2.45) is 0 Å². The van der Waals surface area contributed by atoms with Crippen molar-refractivity contribution in [3.8, 4) is 0 Å². The second kappa shape index (κ2) is 72.8. The van der Waals surface area contributed by atoms with Gasteiger partial charge in [0.2, 0.25) is 0 Å². The summed E-state index contributed by atoms with van der Waals surface area (Å²) in [4.78, 5) is 72.8. The molecular formula is C81H138O17P2. The number of esters is 4. The number of phosphoric acid groups is 2. The molecule has 0 amide bonds. The van der Waals surface area contributed by atoms with Gasteiger partial charge in [-0.1, -0.05) is 284 Å². The summed E-state index contributed by atoms with van der Waals surface area (Å²) >= 11 is 0. The second-order valence-electron chi connectivity index (χ2n) is 25.6. The molecule has 0 bridgehead atoms. The molecule has 3 N–H and O–H groups in total. The van der Waals surface area contributed by atoms with Gasteiger partial charge < -0.3 is 33.8 Å². The highest BCUT2D eigenvalue weighted by Crippen LogP contribution is 2.45. The van der Waals surface area contributed by atoms with E-state index in [2.05, 4.69) is 131 Å². The van der Waals surface area contributed by atoms with Gasteiger partial charge in [0.15, 0.2) is 12.2 Å². The number of allylic oxidation sites excluding steroid dienone is 20. The average molecular weight is 1450 g/mol. The Kier molecular flexibility index (Phi) is 69.5. The Hall–Kier alpha value is -4.54. The van der Waals surface area contributed by atoms with Crippen molar-refractivity contribution >= 4 is 39.5 Å². The number of rotatable bonds is 72. The number of hydrogen-bond donors (Lipinski definition) is 3. The van der Waals surface area contributed by atoms with Crippen LogP contribution in [0.3, 0.4) is 0 Å². The van der Waals surface area contributed by atoms with Crippen LogP contribution in [0.2, 0.25) is 0 Å². The molecule has 0 aromatic rings. The first-order valence-electron chi connectivity index (χ1n) is 38.8. The third-order valence-electron chi connectivity index (χ3n) is 15.9. The number of carbonyl (C=O) groups is 4. The molecule has 0 saturated carbocycles. The number of carbonyl (C=O) groups excluding carboxylic acids is 4. The van der Waals surface area contributed by atoms with E-state index >= 15 is 0 Å². The smallest absolute Gasteiger partial charge is 0.462 e. The molecule has 0 aromatic carbocycles. The molecule has 0 saturated heterocycles. The van der Waals surface area contributed by atoms with Crippen LogP contribution in [0.5, 0.6) is 0 Å². The highest BCUT2D eigenvalue weighted by atomic mass is 31.2. The van der Waals surface area contributed by atoms with Crippen molar-refractivity contribution < 1.29 is 80.2 Å². The summed E-state index contributed by atoms with van der Waals surface area (Å²) in [6.07, 6.45) is 79.3. The van der Waals surface area contributed by atoms with Gasteiger partial charge in [-0.25, -0.2) is 9.13 Å². The Balaban J connectivity index is 5.34. The molecule has 574 valence electrons. The molecule has 0 aliphatic carbocycles. The van der Waals surface area contributed by atoms with Gasteiger partial charge in [-0.15, -0.1) is 0 Å². The van der Waals surface area contributed by atoms with Crippen LogP contribution in [-0.2, 0) is 65.4 Å². The first-order valence-corrected chi connectivity index (χ1v) is 41.8. The topological polar surface area (TPSA) is 237 Å². The zero-order chi connectivity index (χ0) is 73.2. The van der Waals surface area contributed by atoms with Crippen LogP contribution in [-0.4, -0.2) is 96.7 Å². The minimum absolute atomic E-state index is 0.0331. The number of aliphatic hydroxyl groups is 1. The molecule has 19 heteroatoms. The highest BCUT2D eigenvalue weighted by molar-refractivity contribution is 7.47. The molecule has 0 radical (unpaired) electrons. The zero-order valence-electron chi connectivity index (χ0n) is 62.6. The summed E-state index contributed by atoms with van der Waals surface area (Å²) in [5.41, 5.74) is 0. The largest absolute Gasteiger partial charge is 0.472 e. The number of hydrogen-bond acceptors (Lipinski definition) is 15. The second-order valence-corrected chi connectivity index (χ2v) is 28.5. The molecule has 0 aliphatic rings. The van der Waals surface area contributed by atoms with E-state index in [-0.39, 0.29) is 25.7 Å². The normalized spacial score (nSPS) is 14.6. The van der Waals surface area contributed by atoms with E-state index in [0.717, 1.165) is 154 Å². The van der Waals surface area contributed by atoms with Gasteiger partial charge in [0, 0.05) is 25.7 Å². The fourth-order valence-electron chi connectivity index (χ4n) is 10.00. The molecule has 0 spiro atoms. The predicted molar refractivity (Wildman–Crippen MR) is 408 cm³/mol. The van der Waals surface area contributed by atoms with Gasteiger partial charge in [0.05, 0.1) is 26.4 Å². The van der Waals surface area contributed by atoms with Crippen LogP contribution in [0.25, 0.3) is 0 Å². The van der Waals surface area contributed by atoms with Crippen LogP contribution < -0.4 is 0 Å². The Bertz CT molecular complexity index is 2370. The maximum atomic E-state index is 13.1. The minimum Gasteiger partial charge on any atom is -0.462 e. The highest BCUT2D eigenvalue weighted by Gasteiger charge is 2.30. The van der Waals surface area contributed by atoms with E-state index < -0.39 is 97.5 Å². The molecule has 5 atom stereocenters. The van der Waals surface area contributed by atoms with Crippen LogP contribution in [0.1, 0.15) is 310 Å². The van der Waals surface area contributed by atoms with E-state index in [9.17, 15) is 43.2 Å². The fourth-order valence-corrected chi connectivity index (χ4v) is 11.6. The third-order valence-corrected chi connectivity index (χ3v) is 17.8. The summed E-state index contributed by atoms with van der Waals surface area (Å²) in [5.74, 6) is -2.29. The summed E-state index contributed by atoms with van der Waals surface area (Å²) in [5, 5.41) is 10.6. The van der Waals surface area contributed by atoms with E-state index in [1.165, 1.54) is 70.6 Å². The molecule has 0 heterocycles. The minimum atomic E-state index is -4.99. The summed E-state index contributed by atoms with van der Waals surface area (Å²) in [6.45, 7) is 4.58. The average Bonchev–Trinajstić information content (AvgIpc) is 0.953. The van der Waals surface area contributed by atoms with E-state index in [1.54, 1.807) is 0 Å². The maximum Gasteiger partial charge on any atom is 0.472 e. The van der Waals surface area contributed by atoms with Gasteiger partial charge in [-0.05, 0) is 122 Å². The molecule has 17 nitrogen and oxygen atoms in total. The van der Waals surface area contributed by atoms with Crippen molar-refractivity contribution in [1.82, 2.24) is 0 Å². The first kappa shape index (κ1) is 95.5. The maximum absolute atomic E-state index is 13.1. The quantitative estimate of drug-likeness (QED) is 0.0169. The monoisotopic (exact) mass is 1440 g/mol. The van der Waals surface area contributed by atoms with Gasteiger partial charge in [0.1, 0.15) is 19.3 Å². The molecule has 100 heavy (non-hydrogen) atoms. The van der Waals surface area contributed by atoms with E-state index in [4.69, 9.17) is 37.0 Å². The Morgan fingerprint density at radius 1 is 0.290 bits per heavy atom. The molecule has 0 aliphatic heterocycles. The van der Waals surface area contributed by atoms with Crippen molar-refractivity contribution in [1.29, 1.82) is 0 Å². The van der Waals surface area contributed by atoms with Crippen molar-refractivity contribution in [2.75, 3.05) is 39.6 Å². The molecule has 0 aromatic heterocycles. The summed E-state index contributed by atoms with van der Waals surface area (Å²) < 4.78 is 68.3. The molecule has 0 fully saturated rings. The Morgan fingerprint density at radius 2 is 0.550 bits per heavy atom. The molecular weight excluding hydrogens is 1310 g/mol. The Morgan fingerprint density at radius 3 is 0.920 bits per heavy atom. The fraction of sp³-hybridized carbons (Fsp3) is 0.704. The first-order chi connectivity index (χ1) is 48.7. The van der Waals surface area contributed by atoms with Gasteiger partial charge in [-0.2, -0.15) is 0 Å². The van der Waals surface area contributed by atoms with Crippen LogP contribution in [0.15, 0.2) is 122 Å². The summed E-state index contributed by atoms with van der Waals surface area (Å²) in [7, 11) is -9.97. The lowest BCUT2D eigenvalue weighted by Crippen LogP contribution is -2.30. The van der Waals surface area contributed by atoms with E-state index in [0.29, 0.717) is 32.1 Å². The number of ether oxygens (including phenoxy) is 4. The van der Waals surface area contributed by atoms with Crippen LogP contribution in [0, 0.1) is 0 Å². The summed E-state index contributed by atoms with van der Waals surface area (Å²) in [6, 6.07) is 0. The lowest BCUT2D eigenvalue weighted by molar-refractivity contribution is -0.161. The number of phosphoric ester groups is 2. The number of unbranched alkanes of at least 4 members (excludes halogenated alkanes) is 26. The standard InChI is InChI=1S/C81H138O17P2/c1-5-9-13-17-21-25-29-31-33-35-37-39-41-43-47-49-53-57-61-65-78(83)91-71-76(97-80(85)67-63-59-55-51-45-27-23-19-15-11-7-3)73-95-99(87,88)93-69-75(82)70-94-100(89,90)96-74-77(98-81(86)68-64-60-56-52-46-28-24-20-16-12-8-4)72-92-79(84)66-62-58-54-50-48-44-42-40-38-36-34-32-30-26-22-18-14-10-6-2/h9,13,19,21-23,25-26,31-34,37-40,43,47,53,57,75-77,82H,5-8,10-12,14-18,20,24,27-30,35-36,41-42,44-46,48-52,54-56,58-74H2,1-4H3,(H,87,88)(H,89,90)/b13-9-,23-19-,25-21-,26-22-,33-31-,34-32-,39-37-,40-38-,47-43-,57-53-. The van der Waals surface area contributed by atoms with Crippen LogP contribution >= 0.6 is 15.6 Å². The predicted octanol–water partition coefficient (Wildman–Crippen LogP) is 22.3. The molecule has 0 rings (SSSR count). The van der Waals surface area contributed by atoms with Gasteiger partial charge in [0.25, 0.3) is 0 Å². The number of aliphatic hydroxyl groups excluding tert-OH is 1. The van der Waals surface area contributed by atoms with Gasteiger partial charge in [-0.3, -0.25) is 37.3 Å². The lowest BCUT2D eigenvalue weighted by Gasteiger charge is -2.21. The SMILES string of the molecule is CC/C=C\C/C=C\C/C=C\C/C=C\C/C=C\C/C=C\CCC(=O)OCC(COP(=O)(O)OCC(O)COP(=O)(O)OCC(COC(=O)CCCCCCCC/C=C\C/C=C\C/C=C\CCCCC)OC(=O)CCCCCCCCCCCCC)OC(=O)CCCCCCC/C=C\CCCC. The lowest BCUT2D eigenvalue weighted by atomic mass is 10.1. The van der Waals surface area contributed by atoms with Gasteiger partial charge >= 0.3 is 39.5 Å². The molecule has 5 unspecified atom stereocenters. The van der Waals surface area contributed by atoms with Crippen molar-refractivity contribution in [3.05, 3.63) is 122 Å². The van der Waals surface area contributed by atoms with Crippen molar-refractivity contribution in [2.45, 2.75) is 329 Å².